The first kappa shape index (κ1) is 18.2. The number of piperidine rings is 1. The fourth-order valence-corrected chi connectivity index (χ4v) is 3.72. The van der Waals surface area contributed by atoms with Gasteiger partial charge in [-0.3, -0.25) is 14.2 Å². The predicted molar refractivity (Wildman–Crippen MR) is 112 cm³/mol. The van der Waals surface area contributed by atoms with E-state index in [9.17, 15) is 9.59 Å². The third kappa shape index (κ3) is 3.76. The standard InChI is InChI=1S/C22H24N4O2/c1-16-23-20-8-4-3-7-19(20)22(28)26(16)15-21(27)24-17-9-11-18(12-10-17)25-13-5-2-6-14-25/h3-4,7-12H,2,5-6,13-15H2,1H3,(H,24,27). The van der Waals surface area contributed by atoms with Crippen LogP contribution >= 0.6 is 0 Å². The number of aromatic nitrogens is 2. The largest absolute Gasteiger partial charge is 0.372 e. The Balaban J connectivity index is 1.47. The number of carbonyl (C=O) groups is 1. The van der Waals surface area contributed by atoms with E-state index < -0.39 is 0 Å². The van der Waals surface area contributed by atoms with Crippen LogP contribution in [-0.4, -0.2) is 28.5 Å². The highest BCUT2D eigenvalue weighted by molar-refractivity contribution is 5.91. The SMILES string of the molecule is Cc1nc2ccccc2c(=O)n1CC(=O)Nc1ccc(N2CCCCC2)cc1. The average Bonchev–Trinajstić information content (AvgIpc) is 2.72. The van der Waals surface area contributed by atoms with Crippen LogP contribution < -0.4 is 15.8 Å². The Kier molecular flexibility index (Phi) is 5.10. The molecule has 1 fully saturated rings. The Morgan fingerprint density at radius 3 is 2.50 bits per heavy atom. The van der Waals surface area contributed by atoms with E-state index in [4.69, 9.17) is 0 Å². The summed E-state index contributed by atoms with van der Waals surface area (Å²) in [4.78, 5) is 32.0. The molecule has 28 heavy (non-hydrogen) atoms. The zero-order valence-electron chi connectivity index (χ0n) is 16.0. The van der Waals surface area contributed by atoms with Crippen LogP contribution in [0.5, 0.6) is 0 Å². The highest BCUT2D eigenvalue weighted by Gasteiger charge is 2.13. The van der Waals surface area contributed by atoms with Crippen molar-refractivity contribution in [3.05, 3.63) is 64.7 Å². The molecule has 0 radical (unpaired) electrons. The summed E-state index contributed by atoms with van der Waals surface area (Å²) in [6.45, 7) is 3.86. The van der Waals surface area contributed by atoms with E-state index in [1.54, 1.807) is 25.1 Å². The molecule has 6 nitrogen and oxygen atoms in total. The molecule has 6 heteroatoms. The molecule has 0 saturated carbocycles. The minimum atomic E-state index is -0.243. The van der Waals surface area contributed by atoms with Crippen molar-refractivity contribution >= 4 is 28.2 Å². The topological polar surface area (TPSA) is 67.2 Å². The van der Waals surface area contributed by atoms with Crippen molar-refractivity contribution in [1.29, 1.82) is 0 Å². The van der Waals surface area contributed by atoms with E-state index in [2.05, 4.69) is 15.2 Å². The number of anilines is 2. The molecule has 1 amide bonds. The van der Waals surface area contributed by atoms with Gasteiger partial charge < -0.3 is 10.2 Å². The third-order valence-electron chi connectivity index (χ3n) is 5.23. The fourth-order valence-electron chi connectivity index (χ4n) is 3.72. The minimum absolute atomic E-state index is 0.0591. The molecule has 0 spiro atoms. The molecule has 1 aliphatic heterocycles. The molecule has 4 rings (SSSR count). The number of amides is 1. The van der Waals surface area contributed by atoms with Crippen molar-refractivity contribution < 1.29 is 4.79 Å². The third-order valence-corrected chi connectivity index (χ3v) is 5.23. The first-order chi connectivity index (χ1) is 13.6. The van der Waals surface area contributed by atoms with E-state index in [1.807, 2.05) is 30.3 Å². The summed E-state index contributed by atoms with van der Waals surface area (Å²) in [6.07, 6.45) is 3.76. The van der Waals surface area contributed by atoms with Gasteiger partial charge in [-0.15, -0.1) is 0 Å². The summed E-state index contributed by atoms with van der Waals surface area (Å²) in [5.41, 5.74) is 2.36. The Morgan fingerprint density at radius 2 is 1.75 bits per heavy atom. The molecule has 0 aliphatic carbocycles. The fraction of sp³-hybridized carbons (Fsp3) is 0.318. The van der Waals surface area contributed by atoms with Crippen LogP contribution in [0.1, 0.15) is 25.1 Å². The van der Waals surface area contributed by atoms with Gasteiger partial charge in [0.2, 0.25) is 5.91 Å². The zero-order valence-corrected chi connectivity index (χ0v) is 16.0. The van der Waals surface area contributed by atoms with Gasteiger partial charge in [-0.1, -0.05) is 12.1 Å². The molecule has 0 atom stereocenters. The van der Waals surface area contributed by atoms with Crippen LogP contribution in [0.15, 0.2) is 53.3 Å². The van der Waals surface area contributed by atoms with Crippen LogP contribution in [0.2, 0.25) is 0 Å². The number of fused-ring (bicyclic) bond motifs is 1. The van der Waals surface area contributed by atoms with E-state index in [0.29, 0.717) is 16.7 Å². The van der Waals surface area contributed by atoms with Crippen LogP contribution in [-0.2, 0) is 11.3 Å². The van der Waals surface area contributed by atoms with Gasteiger partial charge in [-0.25, -0.2) is 4.98 Å². The number of nitrogens with one attached hydrogen (secondary N) is 1. The number of nitrogens with zero attached hydrogens (tertiary/aromatic N) is 3. The van der Waals surface area contributed by atoms with E-state index in [0.717, 1.165) is 18.8 Å². The van der Waals surface area contributed by atoms with Crippen LogP contribution in [0, 0.1) is 6.92 Å². The minimum Gasteiger partial charge on any atom is -0.372 e. The maximum atomic E-state index is 12.7. The van der Waals surface area contributed by atoms with E-state index >= 15 is 0 Å². The van der Waals surface area contributed by atoms with Gasteiger partial charge in [0, 0.05) is 24.5 Å². The Hall–Kier alpha value is -3.15. The molecule has 144 valence electrons. The van der Waals surface area contributed by atoms with Gasteiger partial charge in [-0.05, 0) is 62.6 Å². The zero-order chi connectivity index (χ0) is 19.5. The van der Waals surface area contributed by atoms with Gasteiger partial charge in [0.05, 0.1) is 10.9 Å². The van der Waals surface area contributed by atoms with E-state index in [-0.39, 0.29) is 18.0 Å². The highest BCUT2D eigenvalue weighted by atomic mass is 16.2. The summed E-state index contributed by atoms with van der Waals surface area (Å²) in [5, 5.41) is 3.40. The molecule has 0 unspecified atom stereocenters. The summed E-state index contributed by atoms with van der Waals surface area (Å²) < 4.78 is 1.42. The lowest BCUT2D eigenvalue weighted by Gasteiger charge is -2.28. The predicted octanol–water partition coefficient (Wildman–Crippen LogP) is 3.33. The summed E-state index contributed by atoms with van der Waals surface area (Å²) in [7, 11) is 0. The van der Waals surface area contributed by atoms with Crippen LogP contribution in [0.4, 0.5) is 11.4 Å². The van der Waals surface area contributed by atoms with Crippen molar-refractivity contribution in [2.24, 2.45) is 0 Å². The number of rotatable bonds is 4. The number of hydrogen-bond acceptors (Lipinski definition) is 4. The lowest BCUT2D eigenvalue weighted by Crippen LogP contribution is -2.30. The molecule has 2 aromatic carbocycles. The van der Waals surface area contributed by atoms with Crippen molar-refractivity contribution in [3.63, 3.8) is 0 Å². The second-order valence-corrected chi connectivity index (χ2v) is 7.21. The van der Waals surface area contributed by atoms with Crippen LogP contribution in [0.25, 0.3) is 10.9 Å². The van der Waals surface area contributed by atoms with Crippen molar-refractivity contribution in [2.45, 2.75) is 32.7 Å². The monoisotopic (exact) mass is 376 g/mol. The number of benzene rings is 2. The maximum Gasteiger partial charge on any atom is 0.261 e. The first-order valence-corrected chi connectivity index (χ1v) is 9.73. The molecule has 2 heterocycles. The second kappa shape index (κ2) is 7.84. The van der Waals surface area contributed by atoms with Gasteiger partial charge in [0.1, 0.15) is 12.4 Å². The molecule has 1 N–H and O–H groups in total. The van der Waals surface area contributed by atoms with Gasteiger partial charge in [0.25, 0.3) is 5.56 Å². The van der Waals surface area contributed by atoms with Gasteiger partial charge >= 0.3 is 0 Å². The number of para-hydroxylation sites is 1. The molecule has 3 aromatic rings. The molecule has 1 aliphatic rings. The maximum absolute atomic E-state index is 12.7. The van der Waals surface area contributed by atoms with Gasteiger partial charge in [0.15, 0.2) is 0 Å². The van der Waals surface area contributed by atoms with Gasteiger partial charge in [-0.2, -0.15) is 0 Å². The van der Waals surface area contributed by atoms with Crippen molar-refractivity contribution in [2.75, 3.05) is 23.3 Å². The number of carbonyl (C=O) groups excluding carboxylic acids is 1. The molecule has 0 bridgehead atoms. The quantitative estimate of drug-likeness (QED) is 0.758. The number of aryl methyl sites for hydroxylation is 1. The smallest absolute Gasteiger partial charge is 0.261 e. The molecule has 1 aromatic heterocycles. The number of hydrogen-bond donors (Lipinski definition) is 1. The normalized spacial score (nSPS) is 14.2. The highest BCUT2D eigenvalue weighted by Crippen LogP contribution is 2.21. The first-order valence-electron chi connectivity index (χ1n) is 9.73. The van der Waals surface area contributed by atoms with E-state index in [1.165, 1.54) is 29.5 Å². The molecular weight excluding hydrogens is 352 g/mol. The second-order valence-electron chi connectivity index (χ2n) is 7.21. The Bertz CT molecular complexity index is 1050. The van der Waals surface area contributed by atoms with Crippen LogP contribution in [0.3, 0.4) is 0 Å². The summed E-state index contributed by atoms with van der Waals surface area (Å²) in [6, 6.07) is 15.1. The van der Waals surface area contributed by atoms with Crippen molar-refractivity contribution in [1.82, 2.24) is 9.55 Å². The Labute approximate surface area is 163 Å². The lowest BCUT2D eigenvalue weighted by molar-refractivity contribution is -0.116. The van der Waals surface area contributed by atoms with Crippen molar-refractivity contribution in [3.8, 4) is 0 Å². The summed E-state index contributed by atoms with van der Waals surface area (Å²) >= 11 is 0. The lowest BCUT2D eigenvalue weighted by atomic mass is 10.1. The molecule has 1 saturated heterocycles. The average molecular weight is 376 g/mol. The Morgan fingerprint density at radius 1 is 1.04 bits per heavy atom. The molecular formula is C22H24N4O2. The summed E-state index contributed by atoms with van der Waals surface area (Å²) in [5.74, 6) is 0.285.